The molecular formula is C131H249IN4Rh2S3Ta2Tb2-2. The number of aromatic nitrogens is 4. The van der Waals surface area contributed by atoms with Gasteiger partial charge in [0.1, 0.15) is 0 Å². The van der Waals surface area contributed by atoms with Gasteiger partial charge in [-0.15, -0.1) is 24.0 Å². The van der Waals surface area contributed by atoms with Crippen LogP contribution in [0.15, 0.2) is 264 Å². The minimum atomic E-state index is 0. The Labute approximate surface area is 1070 Å². The predicted octanol–water partition coefficient (Wildman–Crippen LogP) is 45.4. The summed E-state index contributed by atoms with van der Waals surface area (Å²) >= 11 is 3.28. The second kappa shape index (κ2) is 218. The third-order valence-electron chi connectivity index (χ3n) is 16.2. The summed E-state index contributed by atoms with van der Waals surface area (Å²) in [6.07, 6.45) is 48.9. The fourth-order valence-electron chi connectivity index (χ4n) is 8.44. The monoisotopic (exact) mass is 2990 g/mol. The third-order valence-corrected chi connectivity index (χ3v) is 16.9. The molecule has 12 rings (SSSR count). The fourth-order valence-corrected chi connectivity index (χ4v) is 8.44. The van der Waals surface area contributed by atoms with Crippen molar-refractivity contribution in [2.24, 2.45) is 0 Å². The first kappa shape index (κ1) is 223. The molecule has 0 fully saturated rings. The van der Waals surface area contributed by atoms with Crippen molar-refractivity contribution in [2.75, 3.05) is 0 Å². The largest absolute Gasteiger partial charge is 2.00 e. The van der Waals surface area contributed by atoms with Gasteiger partial charge in [0.05, 0.1) is 49.6 Å². The van der Waals surface area contributed by atoms with Gasteiger partial charge in [0.2, 0.25) is 0 Å². The van der Waals surface area contributed by atoms with Crippen molar-refractivity contribution >= 4 is 58.2 Å². The summed E-state index contributed by atoms with van der Waals surface area (Å²) in [5, 5.41) is 0. The molecule has 8 aromatic rings. The summed E-state index contributed by atoms with van der Waals surface area (Å²) < 4.78 is 7.00. The Hall–Kier alpha value is -1.00. The predicted molar refractivity (Wildman–Crippen MR) is 682 cm³/mol. The minimum Gasteiger partial charge on any atom is -0.372 e. The molecule has 0 saturated carbocycles. The van der Waals surface area contributed by atoms with Gasteiger partial charge in [-0.2, -0.15) is 6.92 Å². The number of allylic oxidation sites excluding steroid dienone is 8. The molecule has 4 aromatic carbocycles. The summed E-state index contributed by atoms with van der Waals surface area (Å²) in [4.78, 5) is 0. The Morgan fingerprint density at radius 1 is 0.221 bits per heavy atom. The molecule has 0 spiro atoms. The SMILES string of the molecule is CC.CC.CC.CC.CC.CC.CC.CC.CC.CC.CC.CC.CC.CC.CC.CC(C)=C(C)C.CC(C)=C(C)C.CC(C)=C(C)C.CC(C)=C(C)C.CCC.CCC.I.[CH2-]C.[CH2-]S.[CH2-]SS[CH2-].[CH2-][n+]1ccccc1.[CH2-][n+]1ccccc1.[CH2-][n+]1ccccc1.[CH2-][n+]1ccccc1.[CH3-].[CH3-].[Rh].[Rh].[Ta+2].[Ta+2].[Tb].[Tb].c1ccc2c(c1)CCCC2.c1ccc2c(c1)CCCC2.c1ccc2c(c1)CCCC2.c1ccc2c(c1)CCCC2. The molecule has 4 aliphatic carbocycles. The van der Waals surface area contributed by atoms with Gasteiger partial charge < -0.3 is 74.3 Å². The van der Waals surface area contributed by atoms with Gasteiger partial charge in [-0.3, -0.25) is 18.8 Å². The Morgan fingerprint density at radius 3 is 0.345 bits per heavy atom. The number of thiol groups is 1. The Morgan fingerprint density at radius 2 is 0.297 bits per heavy atom. The van der Waals surface area contributed by atoms with Crippen LogP contribution in [0.4, 0.5) is 0 Å². The summed E-state index contributed by atoms with van der Waals surface area (Å²) in [5.74, 6) is 0. The van der Waals surface area contributed by atoms with E-state index in [0.717, 1.165) is 0 Å². The van der Waals surface area contributed by atoms with E-state index in [1.165, 1.54) is 182 Å². The molecule has 0 aliphatic heterocycles. The van der Waals surface area contributed by atoms with E-state index < -0.39 is 0 Å². The number of benzene rings is 4. The van der Waals surface area contributed by atoms with Crippen LogP contribution in [0.5, 0.6) is 0 Å². The number of nitrogens with zero attached hydrogens (tertiary/aromatic N) is 4. The van der Waals surface area contributed by atoms with E-state index >= 15 is 0 Å². The van der Waals surface area contributed by atoms with Gasteiger partial charge in [-0.05, 0) is 258 Å². The van der Waals surface area contributed by atoms with Crippen LogP contribution in [0.1, 0.15) is 462 Å². The van der Waals surface area contributed by atoms with E-state index in [1.54, 1.807) is 69.7 Å². The van der Waals surface area contributed by atoms with Crippen LogP contribution in [-0.2, 0) is 135 Å². The van der Waals surface area contributed by atoms with Crippen molar-refractivity contribution in [1.82, 2.24) is 0 Å². The quantitative estimate of drug-likeness (QED) is 0.0335. The van der Waals surface area contributed by atoms with E-state index in [9.17, 15) is 0 Å². The van der Waals surface area contributed by atoms with Crippen molar-refractivity contribution in [3.05, 3.63) is 377 Å². The van der Waals surface area contributed by atoms with Gasteiger partial charge >= 0.3 is 44.8 Å². The van der Waals surface area contributed by atoms with Crippen molar-refractivity contribution in [3.63, 3.8) is 0 Å². The molecule has 6 radical (unpaired) electrons. The van der Waals surface area contributed by atoms with E-state index in [-0.39, 0.29) is 200 Å². The Bertz CT molecular complexity index is 2800. The average molecular weight is 2990 g/mol. The van der Waals surface area contributed by atoms with Crippen LogP contribution in [0, 0.1) is 146 Å². The first-order valence-corrected chi connectivity index (χ1v) is 56.5. The van der Waals surface area contributed by atoms with Crippen molar-refractivity contribution < 1.29 is 179 Å². The van der Waals surface area contributed by atoms with E-state index in [0.29, 0.717) is 0 Å². The topological polar surface area (TPSA) is 15.5 Å². The van der Waals surface area contributed by atoms with Crippen molar-refractivity contribution in [2.45, 2.75) is 469 Å². The zero-order valence-corrected chi connectivity index (χ0v) is 125. The average Bonchev–Trinajstić information content (AvgIpc) is 0.888. The number of pyridine rings is 4. The van der Waals surface area contributed by atoms with Crippen LogP contribution in [0.3, 0.4) is 0 Å². The molecule has 0 unspecified atom stereocenters. The standard InChI is InChI=1S/4C10H12.4C6H7N.4C6H12.2C3H8.C2H4S2.15C2H6.C2H5.CH3S.2CH3.HI.2Rh.2Ta.2Tb/c4*1-2-6-10-8-4-3-7-9(10)5-1;4*1-7-5-3-2-4-6-7;4*1-5(2)6(3)4;2*1-3-2;1-3-4-2;17*1-2;;;;;;;;;/h4*1-2,5-6H,3-4,7-8H2;4*2-6H,1H2;4*1-4H3;2*3H2,1-2H3;1-2H2;15*1-2H3;1H2,2H3;2H,1H2;2*1H3;1H;;;;;;/q;;;;;;;;;;;;;;-2;;;;;;;;;;;;;;;;4*-1;;;;2*+2;;. The molecule has 14 heteroatoms. The number of rotatable bonds is 1. The van der Waals surface area contributed by atoms with E-state index in [2.05, 4.69) is 302 Å². The molecule has 4 heterocycles. The van der Waals surface area contributed by atoms with Crippen LogP contribution in [-0.4, -0.2) is 0 Å². The third kappa shape index (κ3) is 197. The molecule has 0 atom stereocenters. The number of aryl methyl sites for hydroxylation is 8. The number of hydrogen-bond acceptors (Lipinski definition) is 3. The molecule has 0 saturated heterocycles. The molecule has 0 amide bonds. The number of fused-ring (bicyclic) bond motifs is 4. The van der Waals surface area contributed by atoms with Crippen LogP contribution in [0.2, 0.25) is 0 Å². The molecule has 0 bridgehead atoms. The fraction of sp³-hybridized carbons (Fsp3) is 0.527. The van der Waals surface area contributed by atoms with Crippen LogP contribution in [0.25, 0.3) is 0 Å². The summed E-state index contributed by atoms with van der Waals surface area (Å²) in [5.41, 5.74) is 24.0. The maximum atomic E-state index is 3.64. The molecule has 4 aliphatic rings. The van der Waals surface area contributed by atoms with Gasteiger partial charge in [0.15, 0.2) is 0 Å². The van der Waals surface area contributed by atoms with Crippen molar-refractivity contribution in [1.29, 1.82) is 0 Å². The molecule has 0 N–H and O–H groups in total. The number of hydrogen-bond donors (Lipinski definition) is 1. The van der Waals surface area contributed by atoms with Gasteiger partial charge in [-0.25, -0.2) is 0 Å². The van der Waals surface area contributed by atoms with Gasteiger partial charge in [0, 0.05) is 144 Å². The second-order valence-electron chi connectivity index (χ2n) is 27.1. The molecular weight excluding hydrogens is 2740 g/mol. The normalized spacial score (nSPS) is 8.66. The van der Waals surface area contributed by atoms with Gasteiger partial charge in [0.25, 0.3) is 0 Å². The second-order valence-corrected chi connectivity index (χ2v) is 29.0. The van der Waals surface area contributed by atoms with Crippen LogP contribution < -0.4 is 18.3 Å². The van der Waals surface area contributed by atoms with E-state index in [1.807, 2.05) is 330 Å². The Kier molecular flexibility index (Phi) is 335. The maximum absolute atomic E-state index is 3.64. The minimum absolute atomic E-state index is 0. The smallest absolute Gasteiger partial charge is 0.372 e. The molecule has 4 nitrogen and oxygen atoms in total. The van der Waals surface area contributed by atoms with Crippen LogP contribution >= 0.6 is 58.2 Å². The zero-order valence-electron chi connectivity index (χ0n) is 106. The summed E-state index contributed by atoms with van der Waals surface area (Å²) in [6, 6.07) is 58.6. The first-order chi connectivity index (χ1) is 65.8. The van der Waals surface area contributed by atoms with E-state index in [4.69, 9.17) is 0 Å². The van der Waals surface area contributed by atoms with Gasteiger partial charge in [-0.1, -0.05) is 463 Å². The molecule has 145 heavy (non-hydrogen) atoms. The molecule has 4 aromatic heterocycles. The summed E-state index contributed by atoms with van der Waals surface area (Å²) in [6.45, 7) is 107. The van der Waals surface area contributed by atoms with Crippen molar-refractivity contribution in [3.8, 4) is 0 Å². The Balaban J connectivity index is -0.0000000361. The zero-order chi connectivity index (χ0) is 111. The molecule has 866 valence electrons. The first-order valence-electron chi connectivity index (χ1n) is 53.4. The summed E-state index contributed by atoms with van der Waals surface area (Å²) in [7, 11) is 17.4. The maximum Gasteiger partial charge on any atom is 2.00 e. The number of halogens is 1.